The molecule has 1 atom stereocenters. The molecule has 0 bridgehead atoms. The quantitative estimate of drug-likeness (QED) is 0.906. The summed E-state index contributed by atoms with van der Waals surface area (Å²) in [6.07, 6.45) is 5.31. The van der Waals surface area contributed by atoms with Gasteiger partial charge in [0.15, 0.2) is 0 Å². The first-order valence-electron chi connectivity index (χ1n) is 8.31. The third-order valence-electron chi connectivity index (χ3n) is 5.42. The zero-order valence-electron chi connectivity index (χ0n) is 12.8. The topological polar surface area (TPSA) is 15.3 Å². The summed E-state index contributed by atoms with van der Waals surface area (Å²) in [5.41, 5.74) is 1.94. The van der Waals surface area contributed by atoms with Crippen LogP contribution < -0.4 is 5.32 Å². The summed E-state index contributed by atoms with van der Waals surface area (Å²) in [7, 11) is 0. The predicted octanol–water partition coefficient (Wildman–Crippen LogP) is 3.04. The summed E-state index contributed by atoms with van der Waals surface area (Å²) in [5, 5.41) is 3.54. The van der Waals surface area contributed by atoms with Crippen LogP contribution in [0.25, 0.3) is 0 Å². The molecule has 0 aromatic heterocycles. The SMILES string of the molecule is CCC1CCN(CC2(c3ccccc3)CCNCC2)C1. The summed E-state index contributed by atoms with van der Waals surface area (Å²) in [4.78, 5) is 2.73. The van der Waals surface area contributed by atoms with Gasteiger partial charge in [0, 0.05) is 18.5 Å². The molecule has 2 nitrogen and oxygen atoms in total. The van der Waals surface area contributed by atoms with Crippen LogP contribution in [0.1, 0.15) is 38.2 Å². The molecule has 1 N–H and O–H groups in total. The number of piperidine rings is 1. The van der Waals surface area contributed by atoms with E-state index < -0.39 is 0 Å². The third-order valence-corrected chi connectivity index (χ3v) is 5.42. The van der Waals surface area contributed by atoms with E-state index in [1.54, 1.807) is 5.56 Å². The smallest absolute Gasteiger partial charge is 0.0104 e. The van der Waals surface area contributed by atoms with Gasteiger partial charge in [-0.1, -0.05) is 43.7 Å². The maximum atomic E-state index is 3.54. The lowest BCUT2D eigenvalue weighted by Crippen LogP contribution is -2.47. The van der Waals surface area contributed by atoms with Crippen molar-refractivity contribution in [3.63, 3.8) is 0 Å². The van der Waals surface area contributed by atoms with Crippen molar-refractivity contribution < 1.29 is 0 Å². The number of benzene rings is 1. The summed E-state index contributed by atoms with van der Waals surface area (Å²) >= 11 is 0. The molecule has 0 spiro atoms. The zero-order chi connectivity index (χ0) is 13.8. The van der Waals surface area contributed by atoms with Gasteiger partial charge in [0.2, 0.25) is 0 Å². The Kier molecular flexibility index (Phi) is 4.42. The molecule has 20 heavy (non-hydrogen) atoms. The first-order valence-corrected chi connectivity index (χ1v) is 8.31. The lowest BCUT2D eigenvalue weighted by atomic mass is 9.73. The highest BCUT2D eigenvalue weighted by molar-refractivity contribution is 5.27. The average molecular weight is 272 g/mol. The normalized spacial score (nSPS) is 26.8. The van der Waals surface area contributed by atoms with Crippen LogP contribution in [0, 0.1) is 5.92 Å². The van der Waals surface area contributed by atoms with E-state index >= 15 is 0 Å². The Hall–Kier alpha value is -0.860. The molecule has 1 aromatic carbocycles. The van der Waals surface area contributed by atoms with Crippen molar-refractivity contribution in [2.24, 2.45) is 5.92 Å². The molecular weight excluding hydrogens is 244 g/mol. The third kappa shape index (κ3) is 2.91. The molecule has 0 aliphatic carbocycles. The molecule has 0 amide bonds. The Morgan fingerprint density at radius 2 is 1.95 bits per heavy atom. The minimum absolute atomic E-state index is 0.384. The Labute approximate surface area is 123 Å². The van der Waals surface area contributed by atoms with E-state index in [9.17, 15) is 0 Å². The monoisotopic (exact) mass is 272 g/mol. The standard InChI is InChI=1S/C18H28N2/c1-2-16-8-13-20(14-16)15-18(9-11-19-12-10-18)17-6-4-3-5-7-17/h3-7,16,19H,2,8-15H2,1H3. The molecule has 2 heterocycles. The van der Waals surface area contributed by atoms with Crippen molar-refractivity contribution in [3.05, 3.63) is 35.9 Å². The fourth-order valence-corrected chi connectivity index (χ4v) is 4.05. The summed E-state index contributed by atoms with van der Waals surface area (Å²) in [5.74, 6) is 0.935. The van der Waals surface area contributed by atoms with E-state index in [4.69, 9.17) is 0 Å². The second-order valence-corrected chi connectivity index (χ2v) is 6.69. The minimum Gasteiger partial charge on any atom is -0.317 e. The molecular formula is C18H28N2. The van der Waals surface area contributed by atoms with Crippen LogP contribution in [0.15, 0.2) is 30.3 Å². The maximum absolute atomic E-state index is 3.54. The summed E-state index contributed by atoms with van der Waals surface area (Å²) < 4.78 is 0. The molecule has 0 radical (unpaired) electrons. The van der Waals surface area contributed by atoms with Crippen molar-refractivity contribution >= 4 is 0 Å². The van der Waals surface area contributed by atoms with Crippen molar-refractivity contribution in [1.29, 1.82) is 0 Å². The first-order chi connectivity index (χ1) is 9.82. The molecule has 1 aromatic rings. The molecule has 2 aliphatic rings. The maximum Gasteiger partial charge on any atom is 0.0104 e. The largest absolute Gasteiger partial charge is 0.317 e. The lowest BCUT2D eigenvalue weighted by Gasteiger charge is -2.41. The number of nitrogens with zero attached hydrogens (tertiary/aromatic N) is 1. The molecule has 2 saturated heterocycles. The molecule has 3 rings (SSSR count). The number of hydrogen-bond donors (Lipinski definition) is 1. The molecule has 0 saturated carbocycles. The van der Waals surface area contributed by atoms with E-state index in [1.165, 1.54) is 58.4 Å². The second kappa shape index (κ2) is 6.28. The van der Waals surface area contributed by atoms with Crippen LogP contribution in [0.2, 0.25) is 0 Å². The Morgan fingerprint density at radius 3 is 2.60 bits per heavy atom. The van der Waals surface area contributed by atoms with E-state index in [2.05, 4.69) is 47.5 Å². The van der Waals surface area contributed by atoms with Gasteiger partial charge >= 0.3 is 0 Å². The molecule has 2 heteroatoms. The van der Waals surface area contributed by atoms with Crippen LogP contribution >= 0.6 is 0 Å². The summed E-state index contributed by atoms with van der Waals surface area (Å²) in [6.45, 7) is 8.56. The zero-order valence-corrected chi connectivity index (χ0v) is 12.8. The fourth-order valence-electron chi connectivity index (χ4n) is 4.05. The van der Waals surface area contributed by atoms with E-state index in [0.717, 1.165) is 5.92 Å². The highest BCUT2D eigenvalue weighted by Crippen LogP contribution is 2.36. The van der Waals surface area contributed by atoms with Gasteiger partial charge in [0.25, 0.3) is 0 Å². The predicted molar refractivity (Wildman–Crippen MR) is 85.1 cm³/mol. The highest BCUT2D eigenvalue weighted by Gasteiger charge is 2.37. The van der Waals surface area contributed by atoms with Crippen LogP contribution in [-0.2, 0) is 5.41 Å². The van der Waals surface area contributed by atoms with Crippen LogP contribution in [-0.4, -0.2) is 37.6 Å². The van der Waals surface area contributed by atoms with Gasteiger partial charge in [-0.05, 0) is 50.4 Å². The van der Waals surface area contributed by atoms with Crippen molar-refractivity contribution in [3.8, 4) is 0 Å². The van der Waals surface area contributed by atoms with Crippen LogP contribution in [0.5, 0.6) is 0 Å². The molecule has 2 fully saturated rings. The Morgan fingerprint density at radius 1 is 1.20 bits per heavy atom. The highest BCUT2D eigenvalue weighted by atomic mass is 15.2. The van der Waals surface area contributed by atoms with Crippen LogP contribution in [0.4, 0.5) is 0 Å². The molecule has 110 valence electrons. The average Bonchev–Trinajstić information content (AvgIpc) is 2.96. The molecule has 2 aliphatic heterocycles. The van der Waals surface area contributed by atoms with Gasteiger partial charge in [0.05, 0.1) is 0 Å². The van der Waals surface area contributed by atoms with Crippen molar-refractivity contribution in [2.75, 3.05) is 32.7 Å². The van der Waals surface area contributed by atoms with Gasteiger partial charge in [-0.2, -0.15) is 0 Å². The second-order valence-electron chi connectivity index (χ2n) is 6.69. The van der Waals surface area contributed by atoms with Gasteiger partial charge in [-0.15, -0.1) is 0 Å². The number of nitrogens with one attached hydrogen (secondary N) is 1. The summed E-state index contributed by atoms with van der Waals surface area (Å²) in [6, 6.07) is 11.2. The molecule has 1 unspecified atom stereocenters. The lowest BCUT2D eigenvalue weighted by molar-refractivity contribution is 0.196. The Balaban J connectivity index is 1.76. The first kappa shape index (κ1) is 14.1. The number of likely N-dealkylation sites (tertiary alicyclic amines) is 1. The van der Waals surface area contributed by atoms with Crippen LogP contribution in [0.3, 0.4) is 0 Å². The van der Waals surface area contributed by atoms with E-state index in [0.29, 0.717) is 5.41 Å². The van der Waals surface area contributed by atoms with Crippen molar-refractivity contribution in [1.82, 2.24) is 10.2 Å². The fraction of sp³-hybridized carbons (Fsp3) is 0.667. The van der Waals surface area contributed by atoms with Crippen molar-refractivity contribution in [2.45, 2.75) is 38.0 Å². The van der Waals surface area contributed by atoms with E-state index in [-0.39, 0.29) is 0 Å². The number of rotatable bonds is 4. The van der Waals surface area contributed by atoms with Gasteiger partial charge in [-0.3, -0.25) is 0 Å². The van der Waals surface area contributed by atoms with E-state index in [1.807, 2.05) is 0 Å². The Bertz CT molecular complexity index is 409. The van der Waals surface area contributed by atoms with Gasteiger partial charge in [0.1, 0.15) is 0 Å². The van der Waals surface area contributed by atoms with Gasteiger partial charge < -0.3 is 10.2 Å². The van der Waals surface area contributed by atoms with Gasteiger partial charge in [-0.25, -0.2) is 0 Å². The minimum atomic E-state index is 0.384. The number of hydrogen-bond acceptors (Lipinski definition) is 2.